The molecule has 0 radical (unpaired) electrons. The van der Waals surface area contributed by atoms with Crippen molar-refractivity contribution < 1.29 is 14.6 Å². The molecular weight excluding hydrogens is 304 g/mol. The van der Waals surface area contributed by atoms with Crippen molar-refractivity contribution in [3.05, 3.63) is 53.1 Å². The minimum Gasteiger partial charge on any atom is -0.496 e. The molecule has 5 heteroatoms. The zero-order valence-corrected chi connectivity index (χ0v) is 14.4. The third-order valence-corrected chi connectivity index (χ3v) is 4.82. The fraction of sp³-hybridized carbons (Fsp3) is 0.421. The molecule has 0 spiro atoms. The van der Waals surface area contributed by atoms with E-state index >= 15 is 0 Å². The van der Waals surface area contributed by atoms with Gasteiger partial charge >= 0.3 is 5.97 Å². The zero-order chi connectivity index (χ0) is 17.5. The number of carbonyl (C=O) groups is 1. The SMILES string of the molecule is COc1ccc(C)cc1C1(C(=O)O)CC1c1cnc(C(C)C)cn1. The smallest absolute Gasteiger partial charge is 0.314 e. The molecule has 1 N–H and O–H groups in total. The Bertz CT molecular complexity index is 771. The highest BCUT2D eigenvalue weighted by atomic mass is 16.5. The molecule has 126 valence electrons. The molecule has 2 aromatic rings. The Kier molecular flexibility index (Phi) is 4.03. The summed E-state index contributed by atoms with van der Waals surface area (Å²) in [5, 5.41) is 9.94. The minimum absolute atomic E-state index is 0.181. The quantitative estimate of drug-likeness (QED) is 0.911. The number of rotatable bonds is 5. The molecule has 2 atom stereocenters. The summed E-state index contributed by atoms with van der Waals surface area (Å²) in [6, 6.07) is 5.66. The van der Waals surface area contributed by atoms with Gasteiger partial charge in [-0.1, -0.05) is 31.5 Å². The average Bonchev–Trinajstić information content (AvgIpc) is 3.32. The van der Waals surface area contributed by atoms with Crippen LogP contribution in [0.2, 0.25) is 0 Å². The van der Waals surface area contributed by atoms with Crippen molar-refractivity contribution in [2.45, 2.75) is 44.4 Å². The lowest BCUT2D eigenvalue weighted by Crippen LogP contribution is -2.23. The standard InChI is InChI=1S/C19H22N2O3/c1-11(2)15-9-21-16(10-20-15)14-8-19(14,18(22)23)13-7-12(3)5-6-17(13)24-4/h5-7,9-11,14H,8H2,1-4H3,(H,22,23). The van der Waals surface area contributed by atoms with Gasteiger partial charge in [0, 0.05) is 23.9 Å². The van der Waals surface area contributed by atoms with E-state index in [4.69, 9.17) is 4.74 Å². The van der Waals surface area contributed by atoms with Gasteiger partial charge in [0.1, 0.15) is 11.2 Å². The number of hydrogen-bond acceptors (Lipinski definition) is 4. The highest BCUT2D eigenvalue weighted by Crippen LogP contribution is 2.62. The maximum atomic E-state index is 12.1. The predicted molar refractivity (Wildman–Crippen MR) is 90.5 cm³/mol. The van der Waals surface area contributed by atoms with Crippen molar-refractivity contribution in [2.75, 3.05) is 7.11 Å². The molecule has 2 unspecified atom stereocenters. The number of aryl methyl sites for hydroxylation is 1. The number of carboxylic acids is 1. The maximum absolute atomic E-state index is 12.1. The van der Waals surface area contributed by atoms with Crippen LogP contribution in [0.15, 0.2) is 30.6 Å². The molecule has 1 aliphatic rings. The Balaban J connectivity index is 2.01. The summed E-state index contributed by atoms with van der Waals surface area (Å²) in [6.07, 6.45) is 3.98. The Hall–Kier alpha value is -2.43. The first kappa shape index (κ1) is 16.4. The lowest BCUT2D eigenvalue weighted by Gasteiger charge is -2.17. The lowest BCUT2D eigenvalue weighted by molar-refractivity contribution is -0.140. The molecule has 1 aliphatic carbocycles. The van der Waals surface area contributed by atoms with E-state index in [0.29, 0.717) is 18.1 Å². The third kappa shape index (κ3) is 2.54. The monoisotopic (exact) mass is 326 g/mol. The first-order valence-electron chi connectivity index (χ1n) is 8.10. The van der Waals surface area contributed by atoms with E-state index in [-0.39, 0.29) is 5.92 Å². The van der Waals surface area contributed by atoms with Crippen molar-refractivity contribution in [1.29, 1.82) is 0 Å². The number of hydrogen-bond donors (Lipinski definition) is 1. The van der Waals surface area contributed by atoms with Gasteiger partial charge in [-0.05, 0) is 25.3 Å². The average molecular weight is 326 g/mol. The maximum Gasteiger partial charge on any atom is 0.314 e. The first-order valence-corrected chi connectivity index (χ1v) is 8.10. The molecule has 0 saturated heterocycles. The van der Waals surface area contributed by atoms with E-state index in [1.54, 1.807) is 19.5 Å². The van der Waals surface area contributed by atoms with Crippen LogP contribution in [0.25, 0.3) is 0 Å². The van der Waals surface area contributed by atoms with Crippen LogP contribution in [0, 0.1) is 6.92 Å². The Labute approximate surface area is 141 Å². The van der Waals surface area contributed by atoms with Crippen molar-refractivity contribution in [1.82, 2.24) is 9.97 Å². The lowest BCUT2D eigenvalue weighted by atomic mass is 9.90. The van der Waals surface area contributed by atoms with Gasteiger partial charge in [0.25, 0.3) is 0 Å². The molecule has 1 saturated carbocycles. The van der Waals surface area contributed by atoms with Crippen LogP contribution in [0.1, 0.15) is 54.6 Å². The van der Waals surface area contributed by atoms with E-state index in [0.717, 1.165) is 22.5 Å². The van der Waals surface area contributed by atoms with Gasteiger partial charge in [0.2, 0.25) is 0 Å². The number of carboxylic acid groups (broad SMARTS) is 1. The number of ether oxygens (including phenoxy) is 1. The van der Waals surface area contributed by atoms with Crippen LogP contribution in [0.4, 0.5) is 0 Å². The Morgan fingerprint density at radius 3 is 2.62 bits per heavy atom. The number of methoxy groups -OCH3 is 1. The Morgan fingerprint density at radius 1 is 1.33 bits per heavy atom. The third-order valence-electron chi connectivity index (χ3n) is 4.82. The van der Waals surface area contributed by atoms with Gasteiger partial charge in [0.15, 0.2) is 0 Å². The van der Waals surface area contributed by atoms with Gasteiger partial charge in [-0.25, -0.2) is 0 Å². The van der Waals surface area contributed by atoms with Gasteiger partial charge in [0.05, 0.1) is 18.5 Å². The molecule has 1 aromatic carbocycles. The summed E-state index contributed by atoms with van der Waals surface area (Å²) in [5.41, 5.74) is 2.39. The molecule has 1 heterocycles. The number of benzene rings is 1. The van der Waals surface area contributed by atoms with Gasteiger partial charge in [-0.3, -0.25) is 14.8 Å². The van der Waals surface area contributed by atoms with Gasteiger partial charge < -0.3 is 9.84 Å². The van der Waals surface area contributed by atoms with Crippen molar-refractivity contribution in [3.8, 4) is 5.75 Å². The van der Waals surface area contributed by atoms with E-state index < -0.39 is 11.4 Å². The van der Waals surface area contributed by atoms with E-state index in [2.05, 4.69) is 23.8 Å². The summed E-state index contributed by atoms with van der Waals surface area (Å²) in [4.78, 5) is 21.0. The van der Waals surface area contributed by atoms with E-state index in [1.807, 2.05) is 25.1 Å². The second kappa shape index (κ2) is 5.89. The van der Waals surface area contributed by atoms with Crippen LogP contribution >= 0.6 is 0 Å². The van der Waals surface area contributed by atoms with Crippen LogP contribution in [-0.4, -0.2) is 28.2 Å². The normalized spacial score (nSPS) is 22.5. The summed E-state index contributed by atoms with van der Waals surface area (Å²) < 4.78 is 5.41. The van der Waals surface area contributed by atoms with E-state index in [1.165, 1.54) is 0 Å². The summed E-state index contributed by atoms with van der Waals surface area (Å²) in [5.74, 6) is -0.116. The molecule has 3 rings (SSSR count). The number of aliphatic carboxylic acids is 1. The fourth-order valence-corrected chi connectivity index (χ4v) is 3.27. The van der Waals surface area contributed by atoms with Crippen LogP contribution < -0.4 is 4.74 Å². The van der Waals surface area contributed by atoms with Crippen molar-refractivity contribution in [3.63, 3.8) is 0 Å². The highest BCUT2D eigenvalue weighted by Gasteiger charge is 2.64. The molecular formula is C19H22N2O3. The first-order chi connectivity index (χ1) is 11.4. The largest absolute Gasteiger partial charge is 0.496 e. The number of nitrogens with zero attached hydrogens (tertiary/aromatic N) is 2. The second-order valence-corrected chi connectivity index (χ2v) is 6.76. The molecule has 1 fully saturated rings. The fourth-order valence-electron chi connectivity index (χ4n) is 3.27. The van der Waals surface area contributed by atoms with Gasteiger partial charge in [-0.2, -0.15) is 0 Å². The van der Waals surface area contributed by atoms with Crippen LogP contribution in [-0.2, 0) is 10.2 Å². The van der Waals surface area contributed by atoms with Crippen molar-refractivity contribution in [2.24, 2.45) is 0 Å². The van der Waals surface area contributed by atoms with E-state index in [9.17, 15) is 9.90 Å². The topological polar surface area (TPSA) is 72.3 Å². The second-order valence-electron chi connectivity index (χ2n) is 6.76. The number of aromatic nitrogens is 2. The molecule has 24 heavy (non-hydrogen) atoms. The summed E-state index contributed by atoms with van der Waals surface area (Å²) >= 11 is 0. The molecule has 0 amide bonds. The van der Waals surface area contributed by atoms with Gasteiger partial charge in [-0.15, -0.1) is 0 Å². The van der Waals surface area contributed by atoms with Crippen LogP contribution in [0.3, 0.4) is 0 Å². The molecule has 5 nitrogen and oxygen atoms in total. The molecule has 0 bridgehead atoms. The summed E-state index contributed by atoms with van der Waals surface area (Å²) in [7, 11) is 1.57. The highest BCUT2D eigenvalue weighted by molar-refractivity contribution is 5.88. The zero-order valence-electron chi connectivity index (χ0n) is 14.4. The summed E-state index contributed by atoms with van der Waals surface area (Å²) in [6.45, 7) is 6.06. The molecule has 1 aromatic heterocycles. The molecule has 0 aliphatic heterocycles. The van der Waals surface area contributed by atoms with Crippen molar-refractivity contribution >= 4 is 5.97 Å². The van der Waals surface area contributed by atoms with Crippen LogP contribution in [0.5, 0.6) is 5.75 Å². The minimum atomic E-state index is -0.981. The predicted octanol–water partition coefficient (Wildman–Crippen LogP) is 3.43. The Morgan fingerprint density at radius 2 is 2.08 bits per heavy atom.